The fourth-order valence-electron chi connectivity index (χ4n) is 2.47. The quantitative estimate of drug-likeness (QED) is 0.524. The van der Waals surface area contributed by atoms with E-state index in [1.807, 2.05) is 62.4 Å². The molecule has 0 fully saturated rings. The molecule has 0 aliphatic heterocycles. The fraction of sp³-hybridized carbons (Fsp3) is 0.182. The van der Waals surface area contributed by atoms with Gasteiger partial charge in [0.05, 0.1) is 0 Å². The Balaban J connectivity index is 2.09. The van der Waals surface area contributed by atoms with Crippen molar-refractivity contribution in [2.45, 2.75) is 26.1 Å². The molecular weight excluding hydrogens is 328 g/mol. The highest BCUT2D eigenvalue weighted by Gasteiger charge is 2.11. The van der Waals surface area contributed by atoms with Gasteiger partial charge in [-0.3, -0.25) is 0 Å². The first kappa shape index (κ1) is 19.2. The molecule has 0 aliphatic carbocycles. The van der Waals surface area contributed by atoms with E-state index < -0.39 is 11.9 Å². The van der Waals surface area contributed by atoms with E-state index in [0.717, 1.165) is 34.4 Å². The number of carbonyl (C=O) groups is 2. The third kappa shape index (κ3) is 4.93. The molecule has 4 nitrogen and oxygen atoms in total. The normalized spacial score (nSPS) is 12.5. The van der Waals surface area contributed by atoms with Crippen molar-refractivity contribution < 1.29 is 19.1 Å². The molecule has 2 atom stereocenters. The van der Waals surface area contributed by atoms with Crippen LogP contribution >= 0.6 is 0 Å². The molecule has 0 aromatic heterocycles. The van der Waals surface area contributed by atoms with Gasteiger partial charge in [0, 0.05) is 12.2 Å². The van der Waals surface area contributed by atoms with E-state index in [1.54, 1.807) is 0 Å². The second-order valence-electron chi connectivity index (χ2n) is 5.81. The summed E-state index contributed by atoms with van der Waals surface area (Å²) < 4.78 is 10.4. The summed E-state index contributed by atoms with van der Waals surface area (Å²) in [6, 6.07) is 15.6. The number of hydrogen-bond donors (Lipinski definition) is 0. The smallest absolute Gasteiger partial charge is 0.330 e. The van der Waals surface area contributed by atoms with Gasteiger partial charge in [0.1, 0.15) is 12.2 Å². The maximum atomic E-state index is 11.3. The highest BCUT2D eigenvalue weighted by Crippen LogP contribution is 2.26. The molecule has 0 heterocycles. The Bertz CT molecular complexity index is 718. The van der Waals surface area contributed by atoms with E-state index in [0.29, 0.717) is 0 Å². The topological polar surface area (TPSA) is 52.6 Å². The minimum Gasteiger partial charge on any atom is -0.455 e. The highest BCUT2D eigenvalue weighted by molar-refractivity contribution is 5.81. The van der Waals surface area contributed by atoms with Crippen LogP contribution in [0.3, 0.4) is 0 Å². The number of carbonyl (C=O) groups excluding carboxylic acids is 2. The standard InChI is InChI=1S/C22H22O4/c1-5-21(23)25-15(3)17-7-11-19(12-8-17)20-13-9-18(10-14-20)16(4)26-22(24)6-2/h5-16H,1-2H2,3-4H3. The second kappa shape index (κ2) is 8.81. The lowest BCUT2D eigenvalue weighted by Crippen LogP contribution is -2.05. The molecule has 0 bridgehead atoms. The van der Waals surface area contributed by atoms with Crippen molar-refractivity contribution in [2.75, 3.05) is 0 Å². The van der Waals surface area contributed by atoms with Crippen LogP contribution in [0.25, 0.3) is 11.1 Å². The fourth-order valence-corrected chi connectivity index (χ4v) is 2.47. The minimum absolute atomic E-state index is 0.336. The van der Waals surface area contributed by atoms with Gasteiger partial charge in [-0.2, -0.15) is 0 Å². The number of ether oxygens (including phenoxy) is 2. The average Bonchev–Trinajstić information content (AvgIpc) is 2.67. The van der Waals surface area contributed by atoms with Crippen LogP contribution in [0.5, 0.6) is 0 Å². The first-order chi connectivity index (χ1) is 12.4. The van der Waals surface area contributed by atoms with Gasteiger partial charge in [0.2, 0.25) is 0 Å². The van der Waals surface area contributed by atoms with E-state index in [9.17, 15) is 9.59 Å². The van der Waals surface area contributed by atoms with E-state index in [1.165, 1.54) is 0 Å². The molecule has 2 aromatic rings. The molecule has 2 aromatic carbocycles. The van der Waals surface area contributed by atoms with Crippen molar-refractivity contribution in [3.63, 3.8) is 0 Å². The SMILES string of the molecule is C=CC(=O)OC(C)c1ccc(-c2ccc(C(C)OC(=O)C=C)cc2)cc1. The van der Waals surface area contributed by atoms with Gasteiger partial charge in [-0.1, -0.05) is 61.7 Å². The first-order valence-electron chi connectivity index (χ1n) is 8.31. The van der Waals surface area contributed by atoms with E-state index in [2.05, 4.69) is 13.2 Å². The number of esters is 2. The summed E-state index contributed by atoms with van der Waals surface area (Å²) >= 11 is 0. The van der Waals surface area contributed by atoms with Crippen molar-refractivity contribution >= 4 is 11.9 Å². The van der Waals surface area contributed by atoms with Gasteiger partial charge in [-0.05, 0) is 36.1 Å². The lowest BCUT2D eigenvalue weighted by molar-refractivity contribution is -0.143. The van der Waals surface area contributed by atoms with E-state index >= 15 is 0 Å². The van der Waals surface area contributed by atoms with Crippen LogP contribution in [0.2, 0.25) is 0 Å². The molecule has 2 rings (SSSR count). The lowest BCUT2D eigenvalue weighted by Gasteiger charge is -2.14. The number of benzene rings is 2. The van der Waals surface area contributed by atoms with Crippen molar-refractivity contribution in [1.82, 2.24) is 0 Å². The summed E-state index contributed by atoms with van der Waals surface area (Å²) in [4.78, 5) is 22.6. The summed E-state index contributed by atoms with van der Waals surface area (Å²) in [6.45, 7) is 10.4. The molecule has 0 aliphatic rings. The summed E-state index contributed by atoms with van der Waals surface area (Å²) in [5.41, 5.74) is 3.90. The second-order valence-corrected chi connectivity index (χ2v) is 5.81. The first-order valence-corrected chi connectivity index (χ1v) is 8.31. The van der Waals surface area contributed by atoms with Gasteiger partial charge >= 0.3 is 11.9 Å². The van der Waals surface area contributed by atoms with Gasteiger partial charge in [-0.15, -0.1) is 0 Å². The Labute approximate surface area is 153 Å². The van der Waals surface area contributed by atoms with E-state index in [-0.39, 0.29) is 12.2 Å². The molecule has 134 valence electrons. The van der Waals surface area contributed by atoms with Gasteiger partial charge < -0.3 is 9.47 Å². The Morgan fingerprint density at radius 3 is 1.31 bits per heavy atom. The number of rotatable bonds is 7. The third-order valence-electron chi connectivity index (χ3n) is 4.01. The highest BCUT2D eigenvalue weighted by atomic mass is 16.5. The summed E-state index contributed by atoms with van der Waals surface area (Å²) in [7, 11) is 0. The Morgan fingerprint density at radius 1 is 0.731 bits per heavy atom. The van der Waals surface area contributed by atoms with Crippen LogP contribution in [-0.2, 0) is 19.1 Å². The zero-order valence-electron chi connectivity index (χ0n) is 15.0. The zero-order chi connectivity index (χ0) is 19.1. The maximum absolute atomic E-state index is 11.3. The number of hydrogen-bond acceptors (Lipinski definition) is 4. The molecule has 2 unspecified atom stereocenters. The van der Waals surface area contributed by atoms with Gasteiger partial charge in [-0.25, -0.2) is 9.59 Å². The zero-order valence-corrected chi connectivity index (χ0v) is 15.0. The third-order valence-corrected chi connectivity index (χ3v) is 4.01. The van der Waals surface area contributed by atoms with E-state index in [4.69, 9.17) is 9.47 Å². The predicted molar refractivity (Wildman–Crippen MR) is 101 cm³/mol. The Hall–Kier alpha value is -3.14. The minimum atomic E-state index is -0.441. The Morgan fingerprint density at radius 2 is 1.04 bits per heavy atom. The van der Waals surface area contributed by atoms with Crippen LogP contribution in [0.15, 0.2) is 73.8 Å². The van der Waals surface area contributed by atoms with Gasteiger partial charge in [0.25, 0.3) is 0 Å². The van der Waals surface area contributed by atoms with Crippen molar-refractivity contribution in [2.24, 2.45) is 0 Å². The maximum Gasteiger partial charge on any atom is 0.330 e. The van der Waals surface area contributed by atoms with Crippen LogP contribution in [0, 0.1) is 0 Å². The molecule has 0 saturated carbocycles. The average molecular weight is 350 g/mol. The predicted octanol–water partition coefficient (Wildman–Crippen LogP) is 4.93. The van der Waals surface area contributed by atoms with Crippen LogP contribution in [0.1, 0.15) is 37.2 Å². The molecule has 4 heteroatoms. The molecule has 0 radical (unpaired) electrons. The van der Waals surface area contributed by atoms with Crippen molar-refractivity contribution in [3.05, 3.63) is 85.0 Å². The molecule has 26 heavy (non-hydrogen) atoms. The van der Waals surface area contributed by atoms with Crippen LogP contribution < -0.4 is 0 Å². The molecule has 0 spiro atoms. The lowest BCUT2D eigenvalue weighted by atomic mass is 10.00. The molecule has 0 N–H and O–H groups in total. The van der Waals surface area contributed by atoms with Crippen molar-refractivity contribution in [3.8, 4) is 11.1 Å². The van der Waals surface area contributed by atoms with Gasteiger partial charge in [0.15, 0.2) is 0 Å². The Kier molecular flexibility index (Phi) is 6.50. The molecular formula is C22H22O4. The molecule has 0 saturated heterocycles. The van der Waals surface area contributed by atoms with Crippen LogP contribution in [0.4, 0.5) is 0 Å². The largest absolute Gasteiger partial charge is 0.455 e. The molecule has 0 amide bonds. The monoisotopic (exact) mass is 350 g/mol. The summed E-state index contributed by atoms with van der Waals surface area (Å²) in [6.07, 6.45) is 1.63. The van der Waals surface area contributed by atoms with Crippen molar-refractivity contribution in [1.29, 1.82) is 0 Å². The summed E-state index contributed by atoms with van der Waals surface area (Å²) in [5, 5.41) is 0. The van der Waals surface area contributed by atoms with Crippen LogP contribution in [-0.4, -0.2) is 11.9 Å². The summed E-state index contributed by atoms with van der Waals surface area (Å²) in [5.74, 6) is -0.883.